The van der Waals surface area contributed by atoms with E-state index < -0.39 is 0 Å². The summed E-state index contributed by atoms with van der Waals surface area (Å²) in [4.78, 5) is 33.1. The minimum atomic E-state index is 0.00580. The Morgan fingerprint density at radius 1 is 1.09 bits per heavy atom. The summed E-state index contributed by atoms with van der Waals surface area (Å²) in [5.74, 6) is 1.59. The fourth-order valence-electron chi connectivity index (χ4n) is 4.88. The number of nitrogens with zero attached hydrogens (tertiary/aromatic N) is 1. The number of hydrogen-bond donors (Lipinski definition) is 2. The van der Waals surface area contributed by atoms with Gasteiger partial charge in [0.05, 0.1) is 23.1 Å². The molecule has 0 spiro atoms. The number of hydrogen-bond acceptors (Lipinski definition) is 7. The summed E-state index contributed by atoms with van der Waals surface area (Å²) in [6, 6.07) is 7.98. The predicted octanol–water partition coefficient (Wildman–Crippen LogP) is 3.94. The summed E-state index contributed by atoms with van der Waals surface area (Å²) in [6.07, 6.45) is 8.81. The van der Waals surface area contributed by atoms with Crippen LogP contribution in [0.4, 0.5) is 5.69 Å². The molecule has 8 heteroatoms. The molecule has 0 bridgehead atoms. The van der Waals surface area contributed by atoms with Gasteiger partial charge in [-0.2, -0.15) is 9.59 Å². The number of anilines is 1. The monoisotopic (exact) mass is 469 g/mol. The number of nitrogens with one attached hydrogen (secondary N) is 1. The number of amides is 1. The molecule has 0 saturated heterocycles. The van der Waals surface area contributed by atoms with Gasteiger partial charge in [-0.05, 0) is 82.4 Å². The lowest BCUT2D eigenvalue weighted by atomic mass is 9.89. The van der Waals surface area contributed by atoms with Gasteiger partial charge in [0.2, 0.25) is 5.91 Å². The van der Waals surface area contributed by atoms with Gasteiger partial charge in [-0.3, -0.25) is 9.78 Å². The van der Waals surface area contributed by atoms with Crippen LogP contribution in [0.5, 0.6) is 5.75 Å². The van der Waals surface area contributed by atoms with E-state index in [1.165, 1.54) is 12.8 Å². The molecule has 4 rings (SSSR count). The standard InChI is InChI=1S/C25H35N3O3.CO2/c1-16-6-10-19(11-7-16)30-15-24(29)28-18-8-12-20(13-9-18)31-23-5-3-4-22-25(23)21(26)14-17(2)27-22;2-1-3/h3-5,14,16,18-20H,6-13,15H2,1-2H3,(H2,26,27)(H,28,29);. The van der Waals surface area contributed by atoms with Crippen molar-refractivity contribution in [3.05, 3.63) is 30.0 Å². The van der Waals surface area contributed by atoms with Gasteiger partial charge >= 0.3 is 6.15 Å². The van der Waals surface area contributed by atoms with E-state index in [1.807, 2.05) is 31.2 Å². The molecule has 1 amide bonds. The number of fused-ring (bicyclic) bond motifs is 1. The average molecular weight is 470 g/mol. The van der Waals surface area contributed by atoms with E-state index in [0.717, 1.165) is 66.8 Å². The van der Waals surface area contributed by atoms with Crippen molar-refractivity contribution in [2.75, 3.05) is 12.3 Å². The summed E-state index contributed by atoms with van der Waals surface area (Å²) >= 11 is 0. The molecule has 1 aromatic carbocycles. The molecule has 0 aliphatic heterocycles. The Bertz CT molecular complexity index is 989. The third kappa shape index (κ3) is 7.27. The Balaban J connectivity index is 0.00000103. The van der Waals surface area contributed by atoms with Crippen molar-refractivity contribution in [2.24, 2.45) is 5.92 Å². The Morgan fingerprint density at radius 3 is 2.41 bits per heavy atom. The van der Waals surface area contributed by atoms with E-state index in [-0.39, 0.29) is 36.9 Å². The largest absolute Gasteiger partial charge is 0.490 e. The Labute approximate surface area is 200 Å². The molecule has 2 saturated carbocycles. The number of pyridine rings is 1. The molecule has 0 unspecified atom stereocenters. The summed E-state index contributed by atoms with van der Waals surface area (Å²) < 4.78 is 12.2. The number of rotatable bonds is 6. The van der Waals surface area contributed by atoms with Crippen molar-refractivity contribution in [3.8, 4) is 5.75 Å². The minimum Gasteiger partial charge on any atom is -0.490 e. The van der Waals surface area contributed by atoms with Crippen molar-refractivity contribution in [2.45, 2.75) is 83.5 Å². The molecule has 1 heterocycles. The van der Waals surface area contributed by atoms with Crippen molar-refractivity contribution < 1.29 is 23.9 Å². The molecule has 2 aliphatic carbocycles. The topological polar surface area (TPSA) is 121 Å². The fraction of sp³-hybridized carbons (Fsp3) is 0.577. The number of ether oxygens (including phenoxy) is 2. The van der Waals surface area contributed by atoms with E-state index in [1.54, 1.807) is 0 Å². The molecule has 2 aliphatic rings. The van der Waals surface area contributed by atoms with Crippen LogP contribution in [0.25, 0.3) is 10.9 Å². The third-order valence-corrected chi connectivity index (χ3v) is 6.70. The maximum atomic E-state index is 12.3. The molecule has 3 N–H and O–H groups in total. The van der Waals surface area contributed by atoms with Crippen LogP contribution in [-0.4, -0.2) is 41.9 Å². The summed E-state index contributed by atoms with van der Waals surface area (Å²) in [7, 11) is 0. The van der Waals surface area contributed by atoms with Crippen molar-refractivity contribution >= 4 is 28.6 Å². The minimum absolute atomic E-state index is 0.00580. The average Bonchev–Trinajstić information content (AvgIpc) is 2.80. The Kier molecular flexibility index (Phi) is 9.42. The number of aryl methyl sites for hydroxylation is 1. The first-order valence-corrected chi connectivity index (χ1v) is 12.1. The fourth-order valence-corrected chi connectivity index (χ4v) is 4.88. The highest BCUT2D eigenvalue weighted by Gasteiger charge is 2.25. The van der Waals surface area contributed by atoms with Crippen LogP contribution in [0.15, 0.2) is 24.3 Å². The predicted molar refractivity (Wildman–Crippen MR) is 128 cm³/mol. The van der Waals surface area contributed by atoms with Gasteiger partial charge in [0.25, 0.3) is 0 Å². The smallest absolute Gasteiger partial charge is 0.373 e. The number of nitrogen functional groups attached to an aromatic ring is 1. The van der Waals surface area contributed by atoms with E-state index in [9.17, 15) is 4.79 Å². The first-order chi connectivity index (χ1) is 16.4. The van der Waals surface area contributed by atoms with Crippen LogP contribution >= 0.6 is 0 Å². The number of carbonyl (C=O) groups is 1. The van der Waals surface area contributed by atoms with Crippen LogP contribution < -0.4 is 15.8 Å². The van der Waals surface area contributed by atoms with Gasteiger partial charge in [0.15, 0.2) is 0 Å². The normalized spacial score (nSPS) is 24.4. The van der Waals surface area contributed by atoms with E-state index in [2.05, 4.69) is 17.2 Å². The molecule has 0 atom stereocenters. The molecule has 184 valence electrons. The highest BCUT2D eigenvalue weighted by molar-refractivity contribution is 5.95. The van der Waals surface area contributed by atoms with Crippen LogP contribution in [0.3, 0.4) is 0 Å². The van der Waals surface area contributed by atoms with Crippen LogP contribution in [0, 0.1) is 12.8 Å². The van der Waals surface area contributed by atoms with Gasteiger partial charge < -0.3 is 20.5 Å². The van der Waals surface area contributed by atoms with Gasteiger partial charge in [0, 0.05) is 17.4 Å². The van der Waals surface area contributed by atoms with Crippen molar-refractivity contribution in [3.63, 3.8) is 0 Å². The maximum Gasteiger partial charge on any atom is 0.373 e. The van der Waals surface area contributed by atoms with Crippen LogP contribution in [0.1, 0.15) is 64.0 Å². The number of carbonyl (C=O) groups excluding carboxylic acids is 3. The van der Waals surface area contributed by atoms with E-state index in [0.29, 0.717) is 5.69 Å². The molecule has 0 radical (unpaired) electrons. The molecule has 1 aromatic heterocycles. The Morgan fingerprint density at radius 2 is 1.74 bits per heavy atom. The second-order valence-corrected chi connectivity index (χ2v) is 9.44. The van der Waals surface area contributed by atoms with Crippen LogP contribution in [-0.2, 0) is 19.1 Å². The van der Waals surface area contributed by atoms with Gasteiger partial charge in [-0.25, -0.2) is 0 Å². The highest BCUT2D eigenvalue weighted by Crippen LogP contribution is 2.33. The lowest BCUT2D eigenvalue weighted by Crippen LogP contribution is -2.41. The summed E-state index contributed by atoms with van der Waals surface area (Å²) in [5, 5.41) is 4.03. The molecular weight excluding hydrogens is 434 g/mol. The van der Waals surface area contributed by atoms with Crippen molar-refractivity contribution in [1.82, 2.24) is 10.3 Å². The Hall–Kier alpha value is -2.96. The molecular formula is C26H35N3O5. The molecule has 2 aromatic rings. The summed E-state index contributed by atoms with van der Waals surface area (Å²) in [5.41, 5.74) is 8.72. The van der Waals surface area contributed by atoms with Gasteiger partial charge in [-0.1, -0.05) is 13.0 Å². The maximum absolute atomic E-state index is 12.3. The lowest BCUT2D eigenvalue weighted by molar-refractivity contribution is -0.191. The highest BCUT2D eigenvalue weighted by atomic mass is 16.5. The van der Waals surface area contributed by atoms with Crippen molar-refractivity contribution in [1.29, 1.82) is 0 Å². The zero-order valence-electron chi connectivity index (χ0n) is 20.0. The molecule has 34 heavy (non-hydrogen) atoms. The molecule has 8 nitrogen and oxygen atoms in total. The SMILES string of the molecule is Cc1cc(N)c2c(OC3CCC(NC(=O)COC4CCC(C)CC4)CC3)cccc2n1.O=C=O. The first kappa shape index (κ1) is 25.7. The lowest BCUT2D eigenvalue weighted by Gasteiger charge is -2.30. The second kappa shape index (κ2) is 12.5. The van der Waals surface area contributed by atoms with Gasteiger partial charge in [0.1, 0.15) is 12.4 Å². The molecule has 2 fully saturated rings. The summed E-state index contributed by atoms with van der Waals surface area (Å²) in [6.45, 7) is 4.41. The van der Waals surface area contributed by atoms with Gasteiger partial charge in [-0.15, -0.1) is 0 Å². The zero-order valence-corrected chi connectivity index (χ0v) is 20.0. The zero-order chi connectivity index (χ0) is 24.5. The number of benzene rings is 1. The first-order valence-electron chi connectivity index (χ1n) is 12.1. The second-order valence-electron chi connectivity index (χ2n) is 9.44. The third-order valence-electron chi connectivity index (χ3n) is 6.70. The van der Waals surface area contributed by atoms with E-state index >= 15 is 0 Å². The number of nitrogens with two attached hydrogens (primary N) is 1. The van der Waals surface area contributed by atoms with Crippen LogP contribution in [0.2, 0.25) is 0 Å². The number of aromatic nitrogens is 1. The van der Waals surface area contributed by atoms with E-state index in [4.69, 9.17) is 24.8 Å². The quantitative estimate of drug-likeness (QED) is 0.657.